The average Bonchev–Trinajstić information content (AvgIpc) is 3.15. The van der Waals surface area contributed by atoms with Crippen LogP contribution in [0.25, 0.3) is 10.9 Å². The van der Waals surface area contributed by atoms with Crippen LogP contribution in [0.5, 0.6) is 0 Å². The average molecular weight is 313 g/mol. The number of aromatic amines is 1. The van der Waals surface area contributed by atoms with Crippen molar-refractivity contribution in [2.45, 2.75) is 26.2 Å². The topological polar surface area (TPSA) is 57.8 Å². The van der Waals surface area contributed by atoms with Crippen molar-refractivity contribution in [3.8, 4) is 0 Å². The number of hydrogen-bond donors (Lipinski definition) is 2. The molecule has 4 nitrogen and oxygen atoms in total. The van der Waals surface area contributed by atoms with Crippen molar-refractivity contribution in [3.05, 3.63) is 52.1 Å². The molecule has 0 bridgehead atoms. The van der Waals surface area contributed by atoms with E-state index in [1.807, 2.05) is 30.5 Å². The molecule has 1 aromatic carbocycles. The van der Waals surface area contributed by atoms with E-state index < -0.39 is 0 Å². The molecule has 0 unspecified atom stereocenters. The third-order valence-corrected chi connectivity index (χ3v) is 4.74. The van der Waals surface area contributed by atoms with E-state index in [1.54, 1.807) is 11.3 Å². The van der Waals surface area contributed by atoms with E-state index in [-0.39, 0.29) is 5.91 Å². The summed E-state index contributed by atoms with van der Waals surface area (Å²) < 4.78 is 0. The van der Waals surface area contributed by atoms with Crippen LogP contribution in [-0.2, 0) is 6.42 Å². The van der Waals surface area contributed by atoms with Crippen LogP contribution in [0.1, 0.15) is 40.8 Å². The normalized spacial score (nSPS) is 11.2. The molecule has 1 amide bonds. The first-order valence-corrected chi connectivity index (χ1v) is 8.31. The van der Waals surface area contributed by atoms with E-state index in [0.717, 1.165) is 28.0 Å². The number of amides is 1. The van der Waals surface area contributed by atoms with Crippen molar-refractivity contribution < 1.29 is 4.79 Å². The minimum absolute atomic E-state index is 0.0455. The first kappa shape index (κ1) is 14.8. The molecule has 2 N–H and O–H groups in total. The molecule has 22 heavy (non-hydrogen) atoms. The Labute approximate surface area is 133 Å². The van der Waals surface area contributed by atoms with Crippen LogP contribution in [0.15, 0.2) is 35.8 Å². The largest absolute Gasteiger partial charge is 0.361 e. The molecule has 0 saturated heterocycles. The molecule has 3 rings (SSSR count). The third kappa shape index (κ3) is 3.20. The lowest BCUT2D eigenvalue weighted by Gasteiger charge is -2.04. The monoisotopic (exact) mass is 313 g/mol. The fourth-order valence-electron chi connectivity index (χ4n) is 2.30. The Morgan fingerprint density at radius 2 is 2.23 bits per heavy atom. The lowest BCUT2D eigenvalue weighted by molar-refractivity contribution is 0.0954. The molecule has 0 aliphatic heterocycles. The summed E-state index contributed by atoms with van der Waals surface area (Å²) in [4.78, 5) is 19.9. The summed E-state index contributed by atoms with van der Waals surface area (Å²) >= 11 is 1.69. The zero-order valence-electron chi connectivity index (χ0n) is 12.7. The van der Waals surface area contributed by atoms with Gasteiger partial charge in [-0.2, -0.15) is 0 Å². The summed E-state index contributed by atoms with van der Waals surface area (Å²) in [6.45, 7) is 4.88. The second-order valence-corrected chi connectivity index (χ2v) is 6.51. The molecular formula is C17H19N3OS. The van der Waals surface area contributed by atoms with E-state index in [9.17, 15) is 4.79 Å². The van der Waals surface area contributed by atoms with Crippen molar-refractivity contribution in [3.63, 3.8) is 0 Å². The number of aromatic nitrogens is 2. The lowest BCUT2D eigenvalue weighted by Crippen LogP contribution is -2.25. The maximum atomic E-state index is 12.2. The van der Waals surface area contributed by atoms with Gasteiger partial charge < -0.3 is 10.3 Å². The molecule has 0 spiro atoms. The van der Waals surface area contributed by atoms with Crippen LogP contribution in [0, 0.1) is 0 Å². The van der Waals surface area contributed by atoms with Crippen LogP contribution < -0.4 is 5.32 Å². The highest BCUT2D eigenvalue weighted by molar-refractivity contribution is 7.09. The van der Waals surface area contributed by atoms with Gasteiger partial charge in [0.15, 0.2) is 0 Å². The van der Waals surface area contributed by atoms with Crippen LogP contribution in [0.2, 0.25) is 0 Å². The molecule has 0 fully saturated rings. The molecule has 2 aromatic heterocycles. The number of nitrogens with one attached hydrogen (secondary N) is 2. The standard InChI is InChI=1S/C17H19N3OS/c1-11(2)17-20-14(10-22-17)6-8-19-16(21)13-4-3-12-5-7-18-15(12)9-13/h3-5,7,9-11,18H,6,8H2,1-2H3,(H,19,21). The highest BCUT2D eigenvalue weighted by Crippen LogP contribution is 2.19. The van der Waals surface area contributed by atoms with Crippen LogP contribution >= 0.6 is 11.3 Å². The van der Waals surface area contributed by atoms with Gasteiger partial charge >= 0.3 is 0 Å². The second kappa shape index (κ2) is 6.32. The summed E-state index contributed by atoms with van der Waals surface area (Å²) in [5.41, 5.74) is 2.71. The van der Waals surface area contributed by atoms with Gasteiger partial charge in [-0.25, -0.2) is 4.98 Å². The van der Waals surface area contributed by atoms with Gasteiger partial charge in [-0.1, -0.05) is 19.9 Å². The Morgan fingerprint density at radius 3 is 3.00 bits per heavy atom. The quantitative estimate of drug-likeness (QED) is 0.754. The summed E-state index contributed by atoms with van der Waals surface area (Å²) in [6.07, 6.45) is 2.64. The summed E-state index contributed by atoms with van der Waals surface area (Å²) in [5, 5.41) is 7.29. The number of hydrogen-bond acceptors (Lipinski definition) is 3. The molecule has 0 aliphatic rings. The number of fused-ring (bicyclic) bond motifs is 1. The van der Waals surface area contributed by atoms with Crippen molar-refractivity contribution in [2.75, 3.05) is 6.54 Å². The van der Waals surface area contributed by atoms with E-state index in [1.165, 1.54) is 0 Å². The van der Waals surface area contributed by atoms with E-state index in [0.29, 0.717) is 18.0 Å². The van der Waals surface area contributed by atoms with Gasteiger partial charge in [0.1, 0.15) is 0 Å². The number of H-pyrrole nitrogens is 1. The summed E-state index contributed by atoms with van der Waals surface area (Å²) in [7, 11) is 0. The number of benzene rings is 1. The fraction of sp³-hybridized carbons (Fsp3) is 0.294. The molecule has 114 valence electrons. The van der Waals surface area contributed by atoms with Gasteiger partial charge in [-0.05, 0) is 23.6 Å². The zero-order valence-corrected chi connectivity index (χ0v) is 13.5. The Hall–Kier alpha value is -2.14. The van der Waals surface area contributed by atoms with Crippen molar-refractivity contribution in [2.24, 2.45) is 0 Å². The highest BCUT2D eigenvalue weighted by Gasteiger charge is 2.08. The number of nitrogens with zero attached hydrogens (tertiary/aromatic N) is 1. The maximum Gasteiger partial charge on any atom is 0.251 e. The first-order valence-electron chi connectivity index (χ1n) is 7.43. The molecule has 0 saturated carbocycles. The van der Waals surface area contributed by atoms with Gasteiger partial charge in [-0.15, -0.1) is 11.3 Å². The van der Waals surface area contributed by atoms with Gasteiger partial charge in [0, 0.05) is 41.5 Å². The van der Waals surface area contributed by atoms with Crippen LogP contribution in [-0.4, -0.2) is 22.4 Å². The zero-order chi connectivity index (χ0) is 15.5. The van der Waals surface area contributed by atoms with E-state index in [4.69, 9.17) is 0 Å². The second-order valence-electron chi connectivity index (χ2n) is 5.62. The minimum atomic E-state index is -0.0455. The lowest BCUT2D eigenvalue weighted by atomic mass is 10.1. The summed E-state index contributed by atoms with van der Waals surface area (Å²) in [6, 6.07) is 7.68. The molecule has 0 radical (unpaired) electrons. The van der Waals surface area contributed by atoms with Gasteiger partial charge in [0.05, 0.1) is 10.7 Å². The molecular weight excluding hydrogens is 294 g/mol. The predicted molar refractivity (Wildman–Crippen MR) is 90.5 cm³/mol. The molecule has 3 aromatic rings. The van der Waals surface area contributed by atoms with Crippen LogP contribution in [0.4, 0.5) is 0 Å². The molecule has 0 aliphatic carbocycles. The highest BCUT2D eigenvalue weighted by atomic mass is 32.1. The van der Waals surface area contributed by atoms with Gasteiger partial charge in [0.25, 0.3) is 5.91 Å². The van der Waals surface area contributed by atoms with E-state index in [2.05, 4.69) is 34.5 Å². The number of rotatable bonds is 5. The number of thiazole rings is 1. The number of carbonyl (C=O) groups excluding carboxylic acids is 1. The van der Waals surface area contributed by atoms with Crippen LogP contribution in [0.3, 0.4) is 0 Å². The Kier molecular flexibility index (Phi) is 4.24. The third-order valence-electron chi connectivity index (χ3n) is 3.55. The SMILES string of the molecule is CC(C)c1nc(CCNC(=O)c2ccc3cc[nH]c3c2)cs1. The molecule has 5 heteroatoms. The molecule has 2 heterocycles. The van der Waals surface area contributed by atoms with Crippen molar-refractivity contribution in [1.82, 2.24) is 15.3 Å². The Balaban J connectivity index is 1.57. The maximum absolute atomic E-state index is 12.2. The molecule has 0 atom stereocenters. The number of carbonyl (C=O) groups is 1. The summed E-state index contributed by atoms with van der Waals surface area (Å²) in [5.74, 6) is 0.414. The smallest absolute Gasteiger partial charge is 0.251 e. The van der Waals surface area contributed by atoms with Crippen molar-refractivity contribution in [1.29, 1.82) is 0 Å². The Bertz CT molecular complexity index is 788. The Morgan fingerprint density at radius 1 is 1.36 bits per heavy atom. The van der Waals surface area contributed by atoms with Crippen molar-refractivity contribution >= 4 is 28.1 Å². The fourth-order valence-corrected chi connectivity index (χ4v) is 3.17. The minimum Gasteiger partial charge on any atom is -0.361 e. The van der Waals surface area contributed by atoms with E-state index >= 15 is 0 Å². The van der Waals surface area contributed by atoms with Gasteiger partial charge in [-0.3, -0.25) is 4.79 Å². The van der Waals surface area contributed by atoms with Gasteiger partial charge in [0.2, 0.25) is 0 Å². The first-order chi connectivity index (χ1) is 10.6. The predicted octanol–water partition coefficient (Wildman–Crippen LogP) is 3.72.